The smallest absolute Gasteiger partial charge is 0.252 e. The molecule has 0 bridgehead atoms. The van der Waals surface area contributed by atoms with Crippen molar-refractivity contribution >= 4 is 28.4 Å². The number of benzene rings is 1. The highest BCUT2D eigenvalue weighted by molar-refractivity contribution is 7.13. The second-order valence-electron chi connectivity index (χ2n) is 6.94. The Morgan fingerprint density at radius 1 is 1.16 bits per heavy atom. The molecule has 4 rings (SSSR count). The van der Waals surface area contributed by atoms with Gasteiger partial charge in [-0.2, -0.15) is 0 Å². The van der Waals surface area contributed by atoms with E-state index in [1.807, 2.05) is 47.8 Å². The number of thiophene rings is 1. The molecule has 0 fully saturated rings. The number of carbonyl (C=O) groups is 1. The normalized spacial score (nSPS) is 11.0. The number of nitrogens with one attached hydrogen (secondary N) is 2. The molecule has 166 valence electrons. The number of carbonyl (C=O) groups excluding carboxylic acids is 1. The number of pyridine rings is 1. The molecule has 3 heterocycles. The zero-order valence-electron chi connectivity index (χ0n) is 17.7. The van der Waals surface area contributed by atoms with Gasteiger partial charge in [-0.1, -0.05) is 18.2 Å². The summed E-state index contributed by atoms with van der Waals surface area (Å²) in [6.07, 6.45) is 1.77. The molecule has 0 saturated carbocycles. The van der Waals surface area contributed by atoms with Crippen LogP contribution in [-0.4, -0.2) is 54.3 Å². The lowest BCUT2D eigenvalue weighted by molar-refractivity contribution is 0.0693. The van der Waals surface area contributed by atoms with Crippen LogP contribution in [0.4, 0.5) is 0 Å². The summed E-state index contributed by atoms with van der Waals surface area (Å²) in [6, 6.07) is 13.4. The van der Waals surface area contributed by atoms with Crippen molar-refractivity contribution in [3.05, 3.63) is 65.4 Å². The number of hydrogen-bond donors (Lipinski definition) is 2. The lowest BCUT2D eigenvalue weighted by Crippen LogP contribution is -2.27. The second kappa shape index (κ2) is 10.9. The van der Waals surface area contributed by atoms with Crippen LogP contribution in [0.2, 0.25) is 0 Å². The van der Waals surface area contributed by atoms with Crippen LogP contribution in [0.1, 0.15) is 16.2 Å². The molecule has 4 aromatic rings. The highest BCUT2D eigenvalue weighted by Gasteiger charge is 2.12. The van der Waals surface area contributed by atoms with Crippen molar-refractivity contribution < 1.29 is 19.0 Å². The molecule has 2 N–H and O–H groups in total. The van der Waals surface area contributed by atoms with Crippen LogP contribution in [-0.2, 0) is 16.1 Å². The molecule has 0 aliphatic heterocycles. The number of rotatable bonds is 11. The molecule has 32 heavy (non-hydrogen) atoms. The number of imidazole rings is 1. The molecule has 0 aliphatic carbocycles. The van der Waals surface area contributed by atoms with Crippen molar-refractivity contribution in [3.63, 3.8) is 0 Å². The number of para-hydroxylation sites is 1. The maximum atomic E-state index is 12.4. The lowest BCUT2D eigenvalue weighted by atomic mass is 10.2. The number of H-pyrrole nitrogens is 1. The summed E-state index contributed by atoms with van der Waals surface area (Å²) >= 11 is 1.50. The van der Waals surface area contributed by atoms with Gasteiger partial charge in [0.25, 0.3) is 5.91 Å². The number of methoxy groups -OCH3 is 1. The first-order valence-electron chi connectivity index (χ1n) is 10.2. The molecule has 8 nitrogen and oxygen atoms in total. The van der Waals surface area contributed by atoms with Crippen LogP contribution >= 0.6 is 11.3 Å². The SMILES string of the molecule is COCCOCCNC(=O)c1csc(-c2cnc3nc(COc4ccccc4)[nH]c3c2)c1. The van der Waals surface area contributed by atoms with Crippen molar-refractivity contribution in [1.29, 1.82) is 0 Å². The van der Waals surface area contributed by atoms with Gasteiger partial charge in [-0.25, -0.2) is 9.97 Å². The molecule has 9 heteroatoms. The Kier molecular flexibility index (Phi) is 7.44. The van der Waals surface area contributed by atoms with Crippen molar-refractivity contribution in [2.24, 2.45) is 0 Å². The molecule has 1 amide bonds. The van der Waals surface area contributed by atoms with E-state index in [1.165, 1.54) is 11.3 Å². The number of ether oxygens (including phenoxy) is 3. The van der Waals surface area contributed by atoms with Crippen LogP contribution in [0.5, 0.6) is 5.75 Å². The van der Waals surface area contributed by atoms with E-state index in [9.17, 15) is 4.79 Å². The van der Waals surface area contributed by atoms with Crippen LogP contribution in [0, 0.1) is 0 Å². The minimum absolute atomic E-state index is 0.126. The summed E-state index contributed by atoms with van der Waals surface area (Å²) in [6.45, 7) is 2.27. The monoisotopic (exact) mass is 452 g/mol. The van der Waals surface area contributed by atoms with E-state index in [0.29, 0.717) is 50.0 Å². The van der Waals surface area contributed by atoms with E-state index in [4.69, 9.17) is 14.2 Å². The summed E-state index contributed by atoms with van der Waals surface area (Å²) in [4.78, 5) is 25.5. The maximum absolute atomic E-state index is 12.4. The molecule has 0 spiro atoms. The number of amides is 1. The van der Waals surface area contributed by atoms with Gasteiger partial charge in [-0.05, 0) is 24.3 Å². The molecule has 0 aliphatic rings. The molecule has 0 saturated heterocycles. The van der Waals surface area contributed by atoms with E-state index in [-0.39, 0.29) is 5.91 Å². The van der Waals surface area contributed by atoms with E-state index in [1.54, 1.807) is 13.3 Å². The van der Waals surface area contributed by atoms with Gasteiger partial charge in [0.1, 0.15) is 18.2 Å². The Bertz CT molecular complexity index is 1160. The summed E-state index contributed by atoms with van der Waals surface area (Å²) in [5, 5.41) is 4.70. The standard InChI is InChI=1S/C23H24N4O4S/c1-29-9-10-30-8-7-24-23(28)17-12-20(32-15-17)16-11-19-22(25-13-16)27-21(26-19)14-31-18-5-3-2-4-6-18/h2-6,11-13,15H,7-10,14H2,1H3,(H,24,28)(H,25,26,27). The van der Waals surface area contributed by atoms with E-state index >= 15 is 0 Å². The maximum Gasteiger partial charge on any atom is 0.252 e. The van der Waals surface area contributed by atoms with Gasteiger partial charge in [0.2, 0.25) is 0 Å². The third-order valence-electron chi connectivity index (χ3n) is 4.62. The number of aromatic nitrogens is 3. The van der Waals surface area contributed by atoms with Gasteiger partial charge in [-0.15, -0.1) is 11.3 Å². The number of hydrogen-bond acceptors (Lipinski definition) is 7. The highest BCUT2D eigenvalue weighted by Crippen LogP contribution is 2.28. The molecule has 0 atom stereocenters. The van der Waals surface area contributed by atoms with Crippen LogP contribution < -0.4 is 10.1 Å². The van der Waals surface area contributed by atoms with Gasteiger partial charge >= 0.3 is 0 Å². The Morgan fingerprint density at radius 2 is 2.03 bits per heavy atom. The van der Waals surface area contributed by atoms with Crippen LogP contribution in [0.15, 0.2) is 54.0 Å². The predicted molar refractivity (Wildman–Crippen MR) is 123 cm³/mol. The third-order valence-corrected chi connectivity index (χ3v) is 5.59. The second-order valence-corrected chi connectivity index (χ2v) is 7.85. The summed E-state index contributed by atoms with van der Waals surface area (Å²) < 4.78 is 16.0. The quantitative estimate of drug-likeness (QED) is 0.337. The van der Waals surface area contributed by atoms with Gasteiger partial charge in [0.05, 0.1) is 30.9 Å². The average molecular weight is 453 g/mol. The molecular formula is C23H24N4O4S. The van der Waals surface area contributed by atoms with Crippen molar-refractivity contribution in [1.82, 2.24) is 20.3 Å². The van der Waals surface area contributed by atoms with Gasteiger partial charge < -0.3 is 24.5 Å². The fourth-order valence-corrected chi connectivity index (χ4v) is 3.88. The largest absolute Gasteiger partial charge is 0.486 e. The van der Waals surface area contributed by atoms with E-state index in [0.717, 1.165) is 21.7 Å². The van der Waals surface area contributed by atoms with Gasteiger partial charge in [0, 0.05) is 35.7 Å². The first-order valence-corrected chi connectivity index (χ1v) is 11.1. The summed E-state index contributed by atoms with van der Waals surface area (Å²) in [5.41, 5.74) is 2.98. The molecular weight excluding hydrogens is 428 g/mol. The molecule has 3 aromatic heterocycles. The Hall–Kier alpha value is -3.27. The lowest BCUT2D eigenvalue weighted by Gasteiger charge is -2.05. The fraction of sp³-hybridized carbons (Fsp3) is 0.261. The molecule has 1 aromatic carbocycles. The van der Waals surface area contributed by atoms with Crippen molar-refractivity contribution in [2.45, 2.75) is 6.61 Å². The zero-order chi connectivity index (χ0) is 22.2. The minimum atomic E-state index is -0.126. The molecule has 0 radical (unpaired) electrons. The predicted octanol–water partition coefficient (Wildman–Crippen LogP) is 3.66. The van der Waals surface area contributed by atoms with Crippen LogP contribution in [0.25, 0.3) is 21.6 Å². The highest BCUT2D eigenvalue weighted by atomic mass is 32.1. The Morgan fingerprint density at radius 3 is 2.88 bits per heavy atom. The van der Waals surface area contributed by atoms with Gasteiger partial charge in [0.15, 0.2) is 5.65 Å². The van der Waals surface area contributed by atoms with Crippen molar-refractivity contribution in [3.8, 4) is 16.2 Å². The van der Waals surface area contributed by atoms with E-state index < -0.39 is 0 Å². The van der Waals surface area contributed by atoms with Crippen molar-refractivity contribution in [2.75, 3.05) is 33.5 Å². The van der Waals surface area contributed by atoms with Gasteiger partial charge in [-0.3, -0.25) is 4.79 Å². The Labute approximate surface area is 189 Å². The third kappa shape index (κ3) is 5.70. The number of nitrogens with zero attached hydrogens (tertiary/aromatic N) is 2. The van der Waals surface area contributed by atoms with Crippen LogP contribution in [0.3, 0.4) is 0 Å². The first kappa shape index (κ1) is 21.9. The zero-order valence-corrected chi connectivity index (χ0v) is 18.5. The first-order chi connectivity index (χ1) is 15.7. The topological polar surface area (TPSA) is 98.4 Å². The summed E-state index contributed by atoms with van der Waals surface area (Å²) in [5.74, 6) is 1.36. The fourth-order valence-electron chi connectivity index (χ4n) is 3.01. The molecule has 0 unspecified atom stereocenters. The summed E-state index contributed by atoms with van der Waals surface area (Å²) in [7, 11) is 1.62. The van der Waals surface area contributed by atoms with E-state index in [2.05, 4.69) is 20.3 Å². The minimum Gasteiger partial charge on any atom is -0.486 e. The Balaban J connectivity index is 1.36. The number of fused-ring (bicyclic) bond motifs is 1. The number of aromatic amines is 1. The average Bonchev–Trinajstić information content (AvgIpc) is 3.47.